The summed E-state index contributed by atoms with van der Waals surface area (Å²) in [7, 11) is 1.22. The van der Waals surface area contributed by atoms with E-state index in [1.54, 1.807) is 0 Å². The summed E-state index contributed by atoms with van der Waals surface area (Å²) in [5.41, 5.74) is 2.08. The first-order chi connectivity index (χ1) is 7.00. The van der Waals surface area contributed by atoms with Crippen molar-refractivity contribution < 1.29 is 23.1 Å². The second-order valence-electron chi connectivity index (χ2n) is 4.06. The number of nitrogens with two attached hydrogens (primary N) is 1. The molecule has 7 heteroatoms. The van der Waals surface area contributed by atoms with Crippen molar-refractivity contribution in [1.29, 1.82) is 0 Å². The number of carbonyl (C=O) groups is 1. The van der Waals surface area contributed by atoms with Crippen molar-refractivity contribution in [3.05, 3.63) is 0 Å². The molecule has 0 rings (SSSR count). The van der Waals surface area contributed by atoms with Gasteiger partial charge in [-0.1, -0.05) is 0 Å². The molecule has 0 saturated carbocycles. The van der Waals surface area contributed by atoms with Crippen LogP contribution in [0.25, 0.3) is 0 Å². The highest BCUT2D eigenvalue weighted by molar-refractivity contribution is 5.86. The molecule has 16 heavy (non-hydrogen) atoms. The van der Waals surface area contributed by atoms with E-state index in [4.69, 9.17) is 10.8 Å². The lowest BCUT2D eigenvalue weighted by molar-refractivity contribution is -0.193. The van der Waals surface area contributed by atoms with Gasteiger partial charge in [-0.25, -0.2) is 0 Å². The molecule has 0 aromatic heterocycles. The second-order valence-corrected chi connectivity index (χ2v) is 4.06. The second kappa shape index (κ2) is 5.01. The number of halogens is 3. The molecular weight excluding hydrogens is 225 g/mol. The monoisotopic (exact) mass is 242 g/mol. The molecule has 0 aromatic carbocycles. The van der Waals surface area contributed by atoms with Gasteiger partial charge in [0, 0.05) is 13.6 Å². The van der Waals surface area contributed by atoms with Gasteiger partial charge in [0.05, 0.1) is 6.10 Å². The molecule has 96 valence electrons. The number of amides is 1. The third-order valence-corrected chi connectivity index (χ3v) is 2.26. The predicted octanol–water partition coefficient (Wildman–Crippen LogP) is 0.495. The van der Waals surface area contributed by atoms with Crippen molar-refractivity contribution >= 4 is 5.91 Å². The van der Waals surface area contributed by atoms with Crippen LogP contribution in [-0.2, 0) is 4.79 Å². The van der Waals surface area contributed by atoms with Crippen LogP contribution >= 0.6 is 0 Å². The maximum absolute atomic E-state index is 12.4. The van der Waals surface area contributed by atoms with Gasteiger partial charge in [0.15, 0.2) is 5.54 Å². The number of aliphatic hydroxyl groups is 1. The minimum atomic E-state index is -4.79. The molecule has 3 N–H and O–H groups in total. The van der Waals surface area contributed by atoms with Crippen LogP contribution in [0.3, 0.4) is 0 Å². The SMILES string of the molecule is CC(O)CCN(C)C(=O)C(C)(N)C(F)(F)F. The summed E-state index contributed by atoms with van der Waals surface area (Å²) in [5.74, 6) is -1.21. The Kier molecular flexibility index (Phi) is 4.75. The van der Waals surface area contributed by atoms with Crippen molar-refractivity contribution in [2.75, 3.05) is 13.6 Å². The first-order valence-electron chi connectivity index (χ1n) is 4.79. The van der Waals surface area contributed by atoms with E-state index in [1.807, 2.05) is 0 Å². The number of likely N-dealkylation sites (N-methyl/N-ethyl adjacent to an activating group) is 1. The molecule has 0 aliphatic rings. The van der Waals surface area contributed by atoms with Gasteiger partial charge in [-0.2, -0.15) is 13.2 Å². The zero-order valence-electron chi connectivity index (χ0n) is 9.51. The van der Waals surface area contributed by atoms with E-state index in [9.17, 15) is 18.0 Å². The van der Waals surface area contributed by atoms with Crippen LogP contribution in [-0.4, -0.2) is 47.3 Å². The number of rotatable bonds is 4. The number of carbonyl (C=O) groups excluding carboxylic acids is 1. The van der Waals surface area contributed by atoms with E-state index >= 15 is 0 Å². The zero-order valence-corrected chi connectivity index (χ0v) is 9.51. The Morgan fingerprint density at radius 1 is 1.50 bits per heavy atom. The molecule has 0 saturated heterocycles. The number of hydrogen-bond donors (Lipinski definition) is 2. The van der Waals surface area contributed by atoms with Gasteiger partial charge >= 0.3 is 6.18 Å². The standard InChI is InChI=1S/C9H17F3N2O2/c1-6(15)4-5-14(3)7(16)8(2,13)9(10,11)12/h6,15H,4-5,13H2,1-3H3. The Hall–Kier alpha value is -0.820. The minimum Gasteiger partial charge on any atom is -0.393 e. The normalized spacial score (nSPS) is 17.8. The van der Waals surface area contributed by atoms with E-state index < -0.39 is 23.7 Å². The molecule has 0 aromatic rings. The van der Waals surface area contributed by atoms with Crippen molar-refractivity contribution in [1.82, 2.24) is 4.90 Å². The first-order valence-corrected chi connectivity index (χ1v) is 4.79. The summed E-state index contributed by atoms with van der Waals surface area (Å²) in [6.45, 7) is 2.15. The van der Waals surface area contributed by atoms with Gasteiger partial charge in [0.1, 0.15) is 0 Å². The first kappa shape index (κ1) is 15.2. The Morgan fingerprint density at radius 3 is 2.25 bits per heavy atom. The maximum atomic E-state index is 12.4. The molecule has 4 nitrogen and oxygen atoms in total. The molecule has 0 radical (unpaired) electrons. The van der Waals surface area contributed by atoms with Crippen LogP contribution in [0.4, 0.5) is 13.2 Å². The van der Waals surface area contributed by atoms with Crippen LogP contribution < -0.4 is 5.73 Å². The largest absolute Gasteiger partial charge is 0.415 e. The van der Waals surface area contributed by atoms with E-state index in [0.29, 0.717) is 6.92 Å². The van der Waals surface area contributed by atoms with Gasteiger partial charge in [-0.05, 0) is 20.3 Å². The van der Waals surface area contributed by atoms with Gasteiger partial charge in [-0.15, -0.1) is 0 Å². The van der Waals surface area contributed by atoms with Crippen LogP contribution in [0.5, 0.6) is 0 Å². The molecule has 2 atom stereocenters. The van der Waals surface area contributed by atoms with E-state index in [-0.39, 0.29) is 13.0 Å². The van der Waals surface area contributed by atoms with Crippen molar-refractivity contribution in [2.45, 2.75) is 38.1 Å². The number of aliphatic hydroxyl groups excluding tert-OH is 1. The third-order valence-electron chi connectivity index (χ3n) is 2.26. The topological polar surface area (TPSA) is 66.6 Å². The molecule has 0 aliphatic carbocycles. The highest BCUT2D eigenvalue weighted by atomic mass is 19.4. The molecule has 2 unspecified atom stereocenters. The molecule has 0 aliphatic heterocycles. The summed E-state index contributed by atoms with van der Waals surface area (Å²) >= 11 is 0. The summed E-state index contributed by atoms with van der Waals surface area (Å²) in [5, 5.41) is 8.95. The number of alkyl halides is 3. The molecule has 0 bridgehead atoms. The highest BCUT2D eigenvalue weighted by Gasteiger charge is 2.54. The average Bonchev–Trinajstić information content (AvgIpc) is 2.10. The Balaban J connectivity index is 4.55. The maximum Gasteiger partial charge on any atom is 0.415 e. The molecular formula is C9H17F3N2O2. The predicted molar refractivity (Wildman–Crippen MR) is 52.6 cm³/mol. The molecule has 0 fully saturated rings. The Bertz CT molecular complexity index is 252. The lowest BCUT2D eigenvalue weighted by Gasteiger charge is -2.31. The Labute approximate surface area is 92.2 Å². The summed E-state index contributed by atoms with van der Waals surface area (Å²) in [6.07, 6.45) is -5.26. The van der Waals surface area contributed by atoms with Crippen molar-refractivity contribution in [2.24, 2.45) is 5.73 Å². The lowest BCUT2D eigenvalue weighted by atomic mass is 10.0. The summed E-state index contributed by atoms with van der Waals surface area (Å²) in [4.78, 5) is 12.3. The summed E-state index contributed by atoms with van der Waals surface area (Å²) < 4.78 is 37.3. The van der Waals surface area contributed by atoms with Crippen LogP contribution in [0, 0.1) is 0 Å². The third kappa shape index (κ3) is 3.64. The van der Waals surface area contributed by atoms with Crippen molar-refractivity contribution in [3.8, 4) is 0 Å². The average molecular weight is 242 g/mol. The van der Waals surface area contributed by atoms with Crippen LogP contribution in [0.15, 0.2) is 0 Å². The number of nitrogens with zero attached hydrogens (tertiary/aromatic N) is 1. The van der Waals surface area contributed by atoms with Gasteiger partial charge < -0.3 is 15.7 Å². The quantitative estimate of drug-likeness (QED) is 0.754. The lowest BCUT2D eigenvalue weighted by Crippen LogP contribution is -2.61. The molecule has 1 amide bonds. The van der Waals surface area contributed by atoms with Crippen LogP contribution in [0.1, 0.15) is 20.3 Å². The van der Waals surface area contributed by atoms with E-state index in [2.05, 4.69) is 0 Å². The van der Waals surface area contributed by atoms with Gasteiger partial charge in [-0.3, -0.25) is 4.79 Å². The van der Waals surface area contributed by atoms with Crippen molar-refractivity contribution in [3.63, 3.8) is 0 Å². The molecule has 0 spiro atoms. The zero-order chi connectivity index (χ0) is 13.1. The minimum absolute atomic E-state index is 0.0272. The molecule has 0 heterocycles. The van der Waals surface area contributed by atoms with E-state index in [1.165, 1.54) is 14.0 Å². The van der Waals surface area contributed by atoms with Crippen LogP contribution in [0.2, 0.25) is 0 Å². The smallest absolute Gasteiger partial charge is 0.393 e. The summed E-state index contributed by atoms with van der Waals surface area (Å²) in [6, 6.07) is 0. The fourth-order valence-corrected chi connectivity index (χ4v) is 1.000. The fourth-order valence-electron chi connectivity index (χ4n) is 1.000. The Morgan fingerprint density at radius 2 is 1.94 bits per heavy atom. The van der Waals surface area contributed by atoms with Gasteiger partial charge in [0.25, 0.3) is 5.91 Å². The number of hydrogen-bond acceptors (Lipinski definition) is 3. The van der Waals surface area contributed by atoms with Gasteiger partial charge in [0.2, 0.25) is 0 Å². The fraction of sp³-hybridized carbons (Fsp3) is 0.889. The highest BCUT2D eigenvalue weighted by Crippen LogP contribution is 2.29. The van der Waals surface area contributed by atoms with E-state index in [0.717, 1.165) is 4.90 Å².